The number of nitro groups is 1. The van der Waals surface area contributed by atoms with Crippen molar-refractivity contribution in [2.24, 2.45) is 0 Å². The molecule has 0 spiro atoms. The van der Waals surface area contributed by atoms with E-state index in [9.17, 15) is 39.9 Å². The number of hydrogen-bond donors (Lipinski definition) is 2. The lowest BCUT2D eigenvalue weighted by Gasteiger charge is -2.25. The second kappa shape index (κ2) is 9.29. The van der Waals surface area contributed by atoms with Crippen LogP contribution in [-0.4, -0.2) is 58.7 Å². The van der Waals surface area contributed by atoms with Crippen LogP contribution in [0.25, 0.3) is 0 Å². The van der Waals surface area contributed by atoms with Crippen molar-refractivity contribution in [1.29, 1.82) is 0 Å². The predicted molar refractivity (Wildman–Crippen MR) is 114 cm³/mol. The third kappa shape index (κ3) is 5.19. The molecule has 0 aliphatic heterocycles. The summed E-state index contributed by atoms with van der Waals surface area (Å²) in [6.45, 7) is 0.144. The Labute approximate surface area is 188 Å². The monoisotopic (exact) mass is 528 g/mol. The summed E-state index contributed by atoms with van der Waals surface area (Å²) in [6.07, 6.45) is 0. The van der Waals surface area contributed by atoms with Gasteiger partial charge < -0.3 is 5.11 Å². The molecule has 12 nitrogen and oxygen atoms in total. The fraction of sp³-hybridized carbons (Fsp3) is 0.250. The highest BCUT2D eigenvalue weighted by Crippen LogP contribution is 2.35. The number of nitro benzene ring substituents is 1. The zero-order valence-electron chi connectivity index (χ0n) is 16.2. The van der Waals surface area contributed by atoms with Gasteiger partial charge in [-0.05, 0) is 31.2 Å². The first-order chi connectivity index (χ1) is 14.7. The lowest BCUT2D eigenvalue weighted by Crippen LogP contribution is -2.32. The van der Waals surface area contributed by atoms with E-state index in [-0.39, 0.29) is 5.02 Å². The van der Waals surface area contributed by atoms with Gasteiger partial charge in [0.15, 0.2) is 9.84 Å². The molecule has 0 saturated heterocycles. The molecule has 0 saturated carbocycles. The van der Waals surface area contributed by atoms with Gasteiger partial charge >= 0.3 is 0 Å². The molecule has 0 amide bonds. The number of hydrogen-bond acceptors (Lipinski definition) is 9. The molecule has 0 heterocycles. The predicted octanol–water partition coefficient (Wildman–Crippen LogP) is 1.48. The van der Waals surface area contributed by atoms with Crippen LogP contribution in [0.2, 0.25) is 5.02 Å². The lowest BCUT2D eigenvalue weighted by atomic mass is 10.3. The summed E-state index contributed by atoms with van der Waals surface area (Å²) >= 11 is 5.92. The molecule has 32 heavy (non-hydrogen) atoms. The fourth-order valence-corrected chi connectivity index (χ4v) is 6.62. The quantitative estimate of drug-likeness (QED) is 0.274. The molecule has 0 aliphatic rings. The first-order valence-corrected chi connectivity index (χ1v) is 13.5. The maximum atomic E-state index is 13.2. The van der Waals surface area contributed by atoms with Crippen LogP contribution in [0.4, 0.5) is 11.4 Å². The van der Waals surface area contributed by atoms with Crippen molar-refractivity contribution in [1.82, 2.24) is 0 Å². The van der Waals surface area contributed by atoms with Crippen molar-refractivity contribution in [3.05, 3.63) is 51.5 Å². The summed E-state index contributed by atoms with van der Waals surface area (Å²) in [5.74, 6) is -0.740. The van der Waals surface area contributed by atoms with Gasteiger partial charge in [0.2, 0.25) is 0 Å². The van der Waals surface area contributed by atoms with Crippen molar-refractivity contribution >= 4 is 53.0 Å². The number of halogens is 1. The highest BCUT2D eigenvalue weighted by molar-refractivity contribution is 7.93. The van der Waals surface area contributed by atoms with Crippen LogP contribution >= 0.6 is 11.6 Å². The first kappa shape index (κ1) is 26.0. The zero-order chi connectivity index (χ0) is 24.5. The van der Waals surface area contributed by atoms with E-state index >= 15 is 0 Å². The van der Waals surface area contributed by atoms with Crippen LogP contribution in [0.1, 0.15) is 6.92 Å². The second-order valence-electron chi connectivity index (χ2n) is 6.19. The molecule has 0 unspecified atom stereocenters. The van der Waals surface area contributed by atoms with Crippen molar-refractivity contribution in [2.75, 3.05) is 23.2 Å². The SMILES string of the molecule is CCN(c1ccc(S(=O)(=O)CCO)cc1S(=O)(=O)O)S(=O)(=O)c1cc([N+](=O)[O-])ccc1Cl. The number of rotatable bonds is 9. The van der Waals surface area contributed by atoms with Gasteiger partial charge in [0, 0.05) is 18.7 Å². The number of anilines is 1. The summed E-state index contributed by atoms with van der Waals surface area (Å²) in [5, 5.41) is 19.6. The first-order valence-electron chi connectivity index (χ1n) is 8.58. The topological polar surface area (TPSA) is 189 Å². The Morgan fingerprint density at radius 1 is 1.03 bits per heavy atom. The number of sulfone groups is 1. The van der Waals surface area contributed by atoms with Gasteiger partial charge in [0.25, 0.3) is 25.8 Å². The molecule has 16 heteroatoms. The molecule has 0 atom stereocenters. The van der Waals surface area contributed by atoms with Crippen molar-refractivity contribution in [3.8, 4) is 0 Å². The molecular formula is C16H17ClN2O10S3. The van der Waals surface area contributed by atoms with E-state index in [4.69, 9.17) is 16.7 Å². The molecule has 2 rings (SSSR count). The Morgan fingerprint density at radius 3 is 2.16 bits per heavy atom. The summed E-state index contributed by atoms with van der Waals surface area (Å²) in [6, 6.07) is 4.95. The van der Waals surface area contributed by atoms with Crippen LogP contribution in [-0.2, 0) is 30.0 Å². The average molecular weight is 529 g/mol. The molecule has 0 aliphatic carbocycles. The normalized spacial score (nSPS) is 12.5. The number of aliphatic hydroxyl groups is 1. The van der Waals surface area contributed by atoms with Crippen molar-refractivity contribution in [3.63, 3.8) is 0 Å². The fourth-order valence-electron chi connectivity index (χ4n) is 2.73. The van der Waals surface area contributed by atoms with E-state index in [0.717, 1.165) is 24.3 Å². The molecule has 2 N–H and O–H groups in total. The summed E-state index contributed by atoms with van der Waals surface area (Å²) in [5.41, 5.74) is -1.20. The Hall–Kier alpha value is -2.30. The Bertz CT molecular complexity index is 1370. The minimum atomic E-state index is -5.13. The van der Waals surface area contributed by atoms with E-state index in [0.29, 0.717) is 16.4 Å². The number of nitrogens with zero attached hydrogens (tertiary/aromatic N) is 2. The van der Waals surface area contributed by atoms with Crippen molar-refractivity contribution in [2.45, 2.75) is 21.6 Å². The lowest BCUT2D eigenvalue weighted by molar-refractivity contribution is -0.385. The molecule has 0 radical (unpaired) electrons. The van der Waals surface area contributed by atoms with Gasteiger partial charge in [0.1, 0.15) is 9.79 Å². The van der Waals surface area contributed by atoms with E-state index in [1.807, 2.05) is 0 Å². The number of non-ortho nitro benzene ring substituents is 1. The maximum Gasteiger partial charge on any atom is 0.296 e. The van der Waals surface area contributed by atoms with Crippen LogP contribution < -0.4 is 4.31 Å². The molecule has 0 bridgehead atoms. The molecule has 0 aromatic heterocycles. The summed E-state index contributed by atoms with van der Waals surface area (Å²) in [4.78, 5) is 7.87. The van der Waals surface area contributed by atoms with Gasteiger partial charge in [0.05, 0.1) is 32.9 Å². The average Bonchev–Trinajstić information content (AvgIpc) is 2.67. The van der Waals surface area contributed by atoms with Gasteiger partial charge in [-0.3, -0.25) is 19.0 Å². The van der Waals surface area contributed by atoms with Crippen LogP contribution in [0, 0.1) is 10.1 Å². The minimum Gasteiger partial charge on any atom is -0.395 e. The Kier molecular flexibility index (Phi) is 7.53. The van der Waals surface area contributed by atoms with E-state index in [1.54, 1.807) is 0 Å². The van der Waals surface area contributed by atoms with Gasteiger partial charge in [-0.15, -0.1) is 0 Å². The molecule has 2 aromatic rings. The smallest absolute Gasteiger partial charge is 0.296 e. The molecule has 2 aromatic carbocycles. The number of aliphatic hydroxyl groups excluding tert-OH is 1. The highest BCUT2D eigenvalue weighted by atomic mass is 35.5. The Balaban J connectivity index is 2.80. The summed E-state index contributed by atoms with van der Waals surface area (Å²) < 4.78 is 84.8. The van der Waals surface area contributed by atoms with Crippen LogP contribution in [0.3, 0.4) is 0 Å². The Morgan fingerprint density at radius 2 is 1.66 bits per heavy atom. The molecule has 0 fully saturated rings. The van der Waals surface area contributed by atoms with E-state index in [2.05, 4.69) is 0 Å². The van der Waals surface area contributed by atoms with Crippen LogP contribution in [0.15, 0.2) is 51.1 Å². The largest absolute Gasteiger partial charge is 0.395 e. The van der Waals surface area contributed by atoms with Gasteiger partial charge in [-0.25, -0.2) is 16.8 Å². The maximum absolute atomic E-state index is 13.2. The number of sulfonamides is 1. The number of benzene rings is 2. The zero-order valence-corrected chi connectivity index (χ0v) is 19.4. The standard InChI is InChI=1S/C16H17ClN2O10S3/c1-2-18(31(25,26)15-9-11(19(21)22)3-5-13(15)17)14-6-4-12(30(23,24)8-7-20)10-16(14)32(27,28)29/h3-6,9-10,20H,2,7-8H2,1H3,(H,27,28,29). The van der Waals surface area contributed by atoms with Crippen LogP contribution in [0.5, 0.6) is 0 Å². The minimum absolute atomic E-state index is 0.385. The van der Waals surface area contributed by atoms with E-state index < -0.39 is 79.9 Å². The molecular weight excluding hydrogens is 512 g/mol. The summed E-state index contributed by atoms with van der Waals surface area (Å²) in [7, 11) is -14.0. The third-order valence-electron chi connectivity index (χ3n) is 4.18. The van der Waals surface area contributed by atoms with Crippen molar-refractivity contribution < 1.29 is 39.8 Å². The van der Waals surface area contributed by atoms with E-state index in [1.165, 1.54) is 6.92 Å². The highest BCUT2D eigenvalue weighted by Gasteiger charge is 2.32. The molecule has 176 valence electrons. The van der Waals surface area contributed by atoms with Gasteiger partial charge in [-0.2, -0.15) is 8.42 Å². The van der Waals surface area contributed by atoms with Gasteiger partial charge in [-0.1, -0.05) is 11.6 Å². The second-order valence-corrected chi connectivity index (χ2v) is 11.9. The third-order valence-corrected chi connectivity index (χ3v) is 9.12.